The van der Waals surface area contributed by atoms with Crippen molar-refractivity contribution >= 4 is 17.6 Å². The quantitative estimate of drug-likeness (QED) is 0.464. The summed E-state index contributed by atoms with van der Waals surface area (Å²) >= 11 is 0. The maximum atomic E-state index is 12.6. The Bertz CT molecular complexity index is 748. The van der Waals surface area contributed by atoms with Crippen LogP contribution in [0, 0.1) is 5.92 Å². The first kappa shape index (κ1) is 22.4. The van der Waals surface area contributed by atoms with Crippen molar-refractivity contribution in [1.29, 1.82) is 0 Å². The van der Waals surface area contributed by atoms with E-state index in [0.717, 1.165) is 30.5 Å². The number of hydrogen-bond donors (Lipinski definition) is 3. The summed E-state index contributed by atoms with van der Waals surface area (Å²) in [5.74, 6) is 0.779. The van der Waals surface area contributed by atoms with E-state index in [1.807, 2.05) is 31.2 Å². The fourth-order valence-corrected chi connectivity index (χ4v) is 3.69. The molecule has 2 fully saturated rings. The maximum absolute atomic E-state index is 12.6. The number of amides is 1. The fourth-order valence-electron chi connectivity index (χ4n) is 3.69. The summed E-state index contributed by atoms with van der Waals surface area (Å²) in [6, 6.07) is 7.52. The zero-order chi connectivity index (χ0) is 21.6. The van der Waals surface area contributed by atoms with Crippen molar-refractivity contribution in [3.63, 3.8) is 0 Å². The maximum Gasteiger partial charge on any atom is 0.401 e. The topological polar surface area (TPSA) is 68.8 Å². The summed E-state index contributed by atoms with van der Waals surface area (Å²) in [6.45, 7) is 2.88. The van der Waals surface area contributed by atoms with Crippen molar-refractivity contribution in [3.8, 4) is 0 Å². The van der Waals surface area contributed by atoms with Gasteiger partial charge in [-0.25, -0.2) is 4.99 Å². The highest BCUT2D eigenvalue weighted by molar-refractivity contribution is 5.93. The number of carbonyl (C=O) groups is 1. The van der Waals surface area contributed by atoms with Gasteiger partial charge in [0.15, 0.2) is 5.96 Å². The Morgan fingerprint density at radius 3 is 2.73 bits per heavy atom. The molecule has 0 spiro atoms. The first-order valence-corrected chi connectivity index (χ1v) is 10.6. The Kier molecular flexibility index (Phi) is 7.58. The van der Waals surface area contributed by atoms with Gasteiger partial charge < -0.3 is 16.0 Å². The van der Waals surface area contributed by atoms with Crippen LogP contribution in [-0.4, -0.2) is 55.2 Å². The van der Waals surface area contributed by atoms with E-state index in [-0.39, 0.29) is 17.9 Å². The predicted molar refractivity (Wildman–Crippen MR) is 111 cm³/mol. The van der Waals surface area contributed by atoms with Crippen LogP contribution in [0.1, 0.15) is 38.2 Å². The highest BCUT2D eigenvalue weighted by atomic mass is 19.4. The van der Waals surface area contributed by atoms with Gasteiger partial charge in [0.2, 0.25) is 5.91 Å². The molecule has 1 unspecified atom stereocenters. The number of hydrogen-bond acceptors (Lipinski definition) is 3. The lowest BCUT2D eigenvalue weighted by atomic mass is 9.85. The number of halogens is 3. The molecule has 166 valence electrons. The standard InChI is InChI=1S/C21H30F3N5O/c1-2-25-20(28-18-9-10-29(13-18)14-21(22,23)24)26-12-15-5-3-8-17(11-15)27-19(30)16-6-4-7-16/h3,5,8,11,16,18H,2,4,6-7,9-10,12-14H2,1H3,(H,27,30)(H2,25,26,28). The second-order valence-electron chi connectivity index (χ2n) is 7.99. The minimum Gasteiger partial charge on any atom is -0.357 e. The second kappa shape index (κ2) is 10.1. The summed E-state index contributed by atoms with van der Waals surface area (Å²) in [5, 5.41) is 9.35. The molecule has 2 aliphatic rings. The highest BCUT2D eigenvalue weighted by Gasteiger charge is 2.34. The van der Waals surface area contributed by atoms with Crippen LogP contribution >= 0.6 is 0 Å². The molecule has 3 N–H and O–H groups in total. The van der Waals surface area contributed by atoms with Gasteiger partial charge in [0.25, 0.3) is 0 Å². The third-order valence-electron chi connectivity index (χ3n) is 5.45. The number of nitrogens with zero attached hydrogens (tertiary/aromatic N) is 2. The largest absolute Gasteiger partial charge is 0.401 e. The number of carbonyl (C=O) groups excluding carboxylic acids is 1. The third kappa shape index (κ3) is 6.90. The smallest absolute Gasteiger partial charge is 0.357 e. The zero-order valence-corrected chi connectivity index (χ0v) is 17.3. The number of guanidine groups is 1. The van der Waals surface area contributed by atoms with Gasteiger partial charge in [-0.15, -0.1) is 0 Å². The molecule has 0 bridgehead atoms. The van der Waals surface area contributed by atoms with Gasteiger partial charge in [0.05, 0.1) is 13.1 Å². The van der Waals surface area contributed by atoms with Crippen LogP contribution < -0.4 is 16.0 Å². The monoisotopic (exact) mass is 425 g/mol. The molecule has 1 aliphatic carbocycles. The molecule has 1 saturated carbocycles. The van der Waals surface area contributed by atoms with Gasteiger partial charge in [0.1, 0.15) is 0 Å². The lowest BCUT2D eigenvalue weighted by molar-refractivity contribution is -0.143. The van der Waals surface area contributed by atoms with Crippen LogP contribution in [-0.2, 0) is 11.3 Å². The van der Waals surface area contributed by atoms with E-state index in [1.54, 1.807) is 0 Å². The van der Waals surface area contributed by atoms with E-state index in [1.165, 1.54) is 4.90 Å². The number of nitrogens with one attached hydrogen (secondary N) is 3. The molecule has 1 saturated heterocycles. The Morgan fingerprint density at radius 2 is 2.07 bits per heavy atom. The van der Waals surface area contributed by atoms with Crippen LogP contribution in [0.25, 0.3) is 0 Å². The summed E-state index contributed by atoms with van der Waals surface area (Å²) in [7, 11) is 0. The number of aliphatic imine (C=N–C) groups is 1. The molecule has 1 amide bonds. The van der Waals surface area contributed by atoms with E-state index in [4.69, 9.17) is 0 Å². The Morgan fingerprint density at radius 1 is 1.27 bits per heavy atom. The van der Waals surface area contributed by atoms with E-state index in [2.05, 4.69) is 20.9 Å². The van der Waals surface area contributed by atoms with Gasteiger partial charge in [0, 0.05) is 37.3 Å². The Labute approximate surface area is 175 Å². The van der Waals surface area contributed by atoms with Crippen molar-refractivity contribution in [3.05, 3.63) is 29.8 Å². The van der Waals surface area contributed by atoms with Crippen LogP contribution in [0.5, 0.6) is 0 Å². The molecule has 0 radical (unpaired) electrons. The molecular formula is C21H30F3N5O. The van der Waals surface area contributed by atoms with Gasteiger partial charge in [-0.2, -0.15) is 13.2 Å². The minimum absolute atomic E-state index is 0.0709. The van der Waals surface area contributed by atoms with Gasteiger partial charge in [-0.3, -0.25) is 9.69 Å². The number of rotatable bonds is 7. The molecule has 30 heavy (non-hydrogen) atoms. The first-order chi connectivity index (χ1) is 14.3. The van der Waals surface area contributed by atoms with Crippen LogP contribution in [0.15, 0.2) is 29.3 Å². The van der Waals surface area contributed by atoms with Crippen molar-refractivity contribution < 1.29 is 18.0 Å². The van der Waals surface area contributed by atoms with Gasteiger partial charge in [-0.1, -0.05) is 18.6 Å². The number of anilines is 1. The molecule has 1 heterocycles. The normalized spacial score (nSPS) is 20.7. The molecule has 1 atom stereocenters. The summed E-state index contributed by atoms with van der Waals surface area (Å²) in [6.07, 6.45) is -0.512. The summed E-state index contributed by atoms with van der Waals surface area (Å²) in [4.78, 5) is 18.1. The molecule has 9 heteroatoms. The van der Waals surface area contributed by atoms with Crippen molar-refractivity contribution in [2.24, 2.45) is 10.9 Å². The zero-order valence-electron chi connectivity index (χ0n) is 17.3. The Hall–Kier alpha value is -2.29. The Balaban J connectivity index is 1.54. The average Bonchev–Trinajstić information content (AvgIpc) is 3.03. The van der Waals surface area contributed by atoms with E-state index < -0.39 is 12.7 Å². The van der Waals surface area contributed by atoms with E-state index in [0.29, 0.717) is 38.6 Å². The predicted octanol–water partition coefficient (Wildman–Crippen LogP) is 3.12. The number of benzene rings is 1. The summed E-state index contributed by atoms with van der Waals surface area (Å²) in [5.41, 5.74) is 1.71. The van der Waals surface area contributed by atoms with E-state index in [9.17, 15) is 18.0 Å². The molecular weight excluding hydrogens is 395 g/mol. The number of alkyl halides is 3. The number of likely N-dealkylation sites (tertiary alicyclic amines) is 1. The molecule has 3 rings (SSSR count). The molecule has 0 aromatic heterocycles. The van der Waals surface area contributed by atoms with Crippen LogP contribution in [0.3, 0.4) is 0 Å². The molecule has 6 nitrogen and oxygen atoms in total. The molecule has 1 aromatic rings. The van der Waals surface area contributed by atoms with E-state index >= 15 is 0 Å². The lowest BCUT2D eigenvalue weighted by Gasteiger charge is -2.24. The van der Waals surface area contributed by atoms with Crippen molar-refractivity contribution in [1.82, 2.24) is 15.5 Å². The van der Waals surface area contributed by atoms with Crippen LogP contribution in [0.4, 0.5) is 18.9 Å². The lowest BCUT2D eigenvalue weighted by Crippen LogP contribution is -2.45. The van der Waals surface area contributed by atoms with Gasteiger partial charge in [-0.05, 0) is 43.9 Å². The fraction of sp³-hybridized carbons (Fsp3) is 0.619. The molecule has 1 aromatic carbocycles. The molecule has 1 aliphatic heterocycles. The highest BCUT2D eigenvalue weighted by Crippen LogP contribution is 2.27. The average molecular weight is 425 g/mol. The SMILES string of the molecule is CCNC(=NCc1cccc(NC(=O)C2CCC2)c1)NC1CCN(CC(F)(F)F)C1. The first-order valence-electron chi connectivity index (χ1n) is 10.6. The van der Waals surface area contributed by atoms with Gasteiger partial charge >= 0.3 is 6.18 Å². The van der Waals surface area contributed by atoms with Crippen molar-refractivity contribution in [2.45, 2.75) is 51.4 Å². The van der Waals surface area contributed by atoms with Crippen molar-refractivity contribution in [2.75, 3.05) is 31.5 Å². The van der Waals surface area contributed by atoms with Crippen LogP contribution in [0.2, 0.25) is 0 Å². The second-order valence-corrected chi connectivity index (χ2v) is 7.99. The summed E-state index contributed by atoms with van der Waals surface area (Å²) < 4.78 is 37.7. The minimum atomic E-state index is -4.17. The third-order valence-corrected chi connectivity index (χ3v) is 5.45.